The Labute approximate surface area is 152 Å². The summed E-state index contributed by atoms with van der Waals surface area (Å²) in [7, 11) is 1.94. The van der Waals surface area contributed by atoms with Crippen LogP contribution in [0.5, 0.6) is 0 Å². The number of hydrogen-bond donors (Lipinski definition) is 1. The second-order valence-corrected chi connectivity index (χ2v) is 6.32. The number of benzene rings is 1. The summed E-state index contributed by atoms with van der Waals surface area (Å²) in [6.45, 7) is 3.24. The summed E-state index contributed by atoms with van der Waals surface area (Å²) in [5, 5.41) is 8.40. The van der Waals surface area contributed by atoms with Crippen LogP contribution in [0.15, 0.2) is 48.9 Å². The molecule has 0 aliphatic carbocycles. The maximum absolute atomic E-state index is 11.5. The minimum absolute atomic E-state index is 0.0309. The molecule has 0 aliphatic rings. The number of nitrogens with two attached hydrogens (primary N) is 1. The van der Waals surface area contributed by atoms with E-state index in [1.54, 1.807) is 10.9 Å². The summed E-state index contributed by atoms with van der Waals surface area (Å²) >= 11 is 0. The van der Waals surface area contributed by atoms with E-state index < -0.39 is 0 Å². The van der Waals surface area contributed by atoms with E-state index in [4.69, 9.17) is 5.73 Å². The SMILES string of the molecule is C[C@H](c1ccccc1)N(CC(N)=O)Cc1cn(Cc2nccn2C)nn1. The average molecular weight is 353 g/mol. The first-order valence-corrected chi connectivity index (χ1v) is 8.45. The van der Waals surface area contributed by atoms with Crippen molar-refractivity contribution in [3.63, 3.8) is 0 Å². The van der Waals surface area contributed by atoms with Crippen molar-refractivity contribution >= 4 is 5.91 Å². The van der Waals surface area contributed by atoms with Crippen LogP contribution in [0.1, 0.15) is 30.0 Å². The van der Waals surface area contributed by atoms with E-state index in [0.717, 1.165) is 17.1 Å². The van der Waals surface area contributed by atoms with Crippen LogP contribution in [0, 0.1) is 0 Å². The van der Waals surface area contributed by atoms with Crippen LogP contribution >= 0.6 is 0 Å². The second kappa shape index (κ2) is 7.92. The highest BCUT2D eigenvalue weighted by molar-refractivity contribution is 5.76. The van der Waals surface area contributed by atoms with Gasteiger partial charge in [0.1, 0.15) is 12.4 Å². The minimum atomic E-state index is -0.367. The second-order valence-electron chi connectivity index (χ2n) is 6.32. The number of primary amides is 1. The van der Waals surface area contributed by atoms with Crippen LogP contribution in [0.3, 0.4) is 0 Å². The Morgan fingerprint density at radius 3 is 2.73 bits per heavy atom. The maximum Gasteiger partial charge on any atom is 0.231 e. The van der Waals surface area contributed by atoms with E-state index in [1.165, 1.54) is 0 Å². The molecule has 2 heterocycles. The van der Waals surface area contributed by atoms with E-state index in [9.17, 15) is 4.79 Å². The molecule has 0 unspecified atom stereocenters. The number of imidazole rings is 1. The van der Waals surface area contributed by atoms with Crippen molar-refractivity contribution in [3.05, 3.63) is 66.0 Å². The lowest BCUT2D eigenvalue weighted by Gasteiger charge is -2.27. The van der Waals surface area contributed by atoms with Crippen LogP contribution in [-0.2, 0) is 24.9 Å². The Kier molecular flexibility index (Phi) is 5.43. The number of amides is 1. The number of rotatable bonds is 8. The Balaban J connectivity index is 1.73. The number of hydrogen-bond acceptors (Lipinski definition) is 5. The monoisotopic (exact) mass is 353 g/mol. The molecule has 0 spiro atoms. The third kappa shape index (κ3) is 4.34. The lowest BCUT2D eigenvalue weighted by Crippen LogP contribution is -2.35. The van der Waals surface area contributed by atoms with Crippen molar-refractivity contribution in [2.24, 2.45) is 12.8 Å². The van der Waals surface area contributed by atoms with Gasteiger partial charge in [0, 0.05) is 32.0 Å². The zero-order chi connectivity index (χ0) is 18.5. The molecule has 3 rings (SSSR count). The minimum Gasteiger partial charge on any atom is -0.369 e. The summed E-state index contributed by atoms with van der Waals surface area (Å²) in [5.74, 6) is 0.529. The zero-order valence-corrected chi connectivity index (χ0v) is 15.0. The van der Waals surface area contributed by atoms with E-state index >= 15 is 0 Å². The van der Waals surface area contributed by atoms with Crippen LogP contribution in [-0.4, -0.2) is 41.9 Å². The average Bonchev–Trinajstić information content (AvgIpc) is 3.24. The van der Waals surface area contributed by atoms with E-state index in [2.05, 4.69) is 22.2 Å². The van der Waals surface area contributed by atoms with Crippen LogP contribution < -0.4 is 5.73 Å². The molecule has 0 aliphatic heterocycles. The molecule has 26 heavy (non-hydrogen) atoms. The molecule has 2 N–H and O–H groups in total. The fourth-order valence-corrected chi connectivity index (χ4v) is 2.86. The van der Waals surface area contributed by atoms with Gasteiger partial charge in [0.25, 0.3) is 0 Å². The molecular weight excluding hydrogens is 330 g/mol. The van der Waals surface area contributed by atoms with Gasteiger partial charge in [0.2, 0.25) is 5.91 Å². The van der Waals surface area contributed by atoms with Gasteiger partial charge in [-0.3, -0.25) is 9.69 Å². The molecule has 8 heteroatoms. The van der Waals surface area contributed by atoms with E-state index in [-0.39, 0.29) is 18.5 Å². The van der Waals surface area contributed by atoms with Crippen molar-refractivity contribution in [1.82, 2.24) is 29.4 Å². The van der Waals surface area contributed by atoms with E-state index in [1.807, 2.05) is 59.2 Å². The molecule has 8 nitrogen and oxygen atoms in total. The number of aromatic nitrogens is 5. The molecule has 0 bridgehead atoms. The van der Waals surface area contributed by atoms with Gasteiger partial charge in [-0.15, -0.1) is 5.10 Å². The largest absolute Gasteiger partial charge is 0.369 e. The normalized spacial score (nSPS) is 12.4. The molecule has 3 aromatic rings. The highest BCUT2D eigenvalue weighted by Crippen LogP contribution is 2.21. The van der Waals surface area contributed by atoms with Crippen molar-refractivity contribution in [2.45, 2.75) is 26.1 Å². The van der Waals surface area contributed by atoms with Gasteiger partial charge in [-0.2, -0.15) is 0 Å². The lowest BCUT2D eigenvalue weighted by molar-refractivity contribution is -0.119. The quantitative estimate of drug-likeness (QED) is 0.654. The highest BCUT2D eigenvalue weighted by Gasteiger charge is 2.19. The van der Waals surface area contributed by atoms with Gasteiger partial charge < -0.3 is 10.3 Å². The molecule has 136 valence electrons. The third-order valence-electron chi connectivity index (χ3n) is 4.36. The Hall–Kier alpha value is -3.00. The summed E-state index contributed by atoms with van der Waals surface area (Å²) in [6.07, 6.45) is 5.52. The van der Waals surface area contributed by atoms with Crippen LogP contribution in [0.25, 0.3) is 0 Å². The smallest absolute Gasteiger partial charge is 0.231 e. The van der Waals surface area contributed by atoms with Gasteiger partial charge in [0.15, 0.2) is 0 Å². The van der Waals surface area contributed by atoms with Crippen LogP contribution in [0.2, 0.25) is 0 Å². The number of carbonyl (C=O) groups is 1. The number of nitrogens with zero attached hydrogens (tertiary/aromatic N) is 6. The van der Waals surface area contributed by atoms with Gasteiger partial charge >= 0.3 is 0 Å². The van der Waals surface area contributed by atoms with Gasteiger partial charge in [-0.05, 0) is 12.5 Å². The van der Waals surface area contributed by atoms with E-state index in [0.29, 0.717) is 13.1 Å². The van der Waals surface area contributed by atoms with Crippen molar-refractivity contribution in [2.75, 3.05) is 6.54 Å². The topological polar surface area (TPSA) is 94.9 Å². The summed E-state index contributed by atoms with van der Waals surface area (Å²) in [5.41, 5.74) is 7.34. The first-order valence-electron chi connectivity index (χ1n) is 8.45. The standard InChI is InChI=1S/C18H23N7O/c1-14(15-6-4-3-5-7-15)24(12-17(19)26)10-16-11-25(22-21-16)13-18-20-8-9-23(18)2/h3-9,11,14H,10,12-13H2,1-2H3,(H2,19,26)/t14-/m1/s1. The Bertz CT molecular complexity index is 855. The first-order chi connectivity index (χ1) is 12.5. The highest BCUT2D eigenvalue weighted by atomic mass is 16.1. The molecule has 1 amide bonds. The van der Waals surface area contributed by atoms with Gasteiger partial charge in [0.05, 0.1) is 18.4 Å². The molecular formula is C18H23N7O. The molecule has 0 radical (unpaired) electrons. The third-order valence-corrected chi connectivity index (χ3v) is 4.36. The summed E-state index contributed by atoms with van der Waals surface area (Å²) in [6, 6.07) is 10.0. The number of carbonyl (C=O) groups excluding carboxylic acids is 1. The van der Waals surface area contributed by atoms with Gasteiger partial charge in [-0.1, -0.05) is 35.5 Å². The summed E-state index contributed by atoms with van der Waals surface area (Å²) < 4.78 is 3.69. The molecule has 0 saturated heterocycles. The molecule has 1 aromatic carbocycles. The van der Waals surface area contributed by atoms with Gasteiger partial charge in [-0.25, -0.2) is 9.67 Å². The first kappa shape index (κ1) is 17.8. The fourth-order valence-electron chi connectivity index (χ4n) is 2.86. The Morgan fingerprint density at radius 2 is 2.08 bits per heavy atom. The van der Waals surface area contributed by atoms with Crippen molar-refractivity contribution < 1.29 is 4.79 Å². The fraction of sp³-hybridized carbons (Fsp3) is 0.333. The van der Waals surface area contributed by atoms with Crippen molar-refractivity contribution in [3.8, 4) is 0 Å². The van der Waals surface area contributed by atoms with Crippen molar-refractivity contribution in [1.29, 1.82) is 0 Å². The summed E-state index contributed by atoms with van der Waals surface area (Å²) in [4.78, 5) is 17.8. The molecule has 0 fully saturated rings. The maximum atomic E-state index is 11.5. The zero-order valence-electron chi connectivity index (χ0n) is 15.0. The van der Waals surface area contributed by atoms with Crippen LogP contribution in [0.4, 0.5) is 0 Å². The number of aryl methyl sites for hydroxylation is 1. The molecule has 0 saturated carbocycles. The molecule has 1 atom stereocenters. The predicted octanol–water partition coefficient (Wildman–Crippen LogP) is 1.11. The Morgan fingerprint density at radius 1 is 1.31 bits per heavy atom. The predicted molar refractivity (Wildman–Crippen MR) is 96.8 cm³/mol. The molecule has 2 aromatic heterocycles. The lowest BCUT2D eigenvalue weighted by atomic mass is 10.1.